The Balaban J connectivity index is 0.000000118. The van der Waals surface area contributed by atoms with Crippen LogP contribution in [0, 0.1) is 23.7 Å². The minimum atomic E-state index is 0.0210. The maximum atomic E-state index is 11.3. The third kappa shape index (κ3) is 7.19. The molecule has 16 heteroatoms. The Morgan fingerprint density at radius 1 is 0.537 bits per heavy atom. The zero-order valence-corrected chi connectivity index (χ0v) is 36.6. The van der Waals surface area contributed by atoms with E-state index in [4.69, 9.17) is 16.4 Å². The summed E-state index contributed by atoms with van der Waals surface area (Å²) in [5.41, 5.74) is 12.2. The number of nitrogens with one attached hydrogen (secondary N) is 5. The number of para-hydroxylation sites is 4. The molecule has 15 nitrogen and oxygen atoms in total. The molecule has 0 saturated heterocycles. The van der Waals surface area contributed by atoms with Crippen molar-refractivity contribution in [2.45, 2.75) is 13.8 Å². The molecule has 0 spiro atoms. The maximum absolute atomic E-state index is 11.3. The minimum absolute atomic E-state index is 0.0210. The molecule has 0 bridgehead atoms. The van der Waals surface area contributed by atoms with Gasteiger partial charge >= 0.3 is 0 Å². The largest absolute Gasteiger partial charge is 0.494 e. The number of aryl methyl sites for hydroxylation is 2. The van der Waals surface area contributed by atoms with Crippen LogP contribution in [0.25, 0.3) is 77.0 Å². The van der Waals surface area contributed by atoms with E-state index in [0.717, 1.165) is 76.9 Å². The van der Waals surface area contributed by atoms with Crippen molar-refractivity contribution >= 4 is 94.6 Å². The lowest BCUT2D eigenvalue weighted by molar-refractivity contribution is 0.214. The van der Waals surface area contributed by atoms with E-state index in [1.165, 1.54) is 7.11 Å². The summed E-state index contributed by atoms with van der Waals surface area (Å²) in [4.78, 5) is 47.5. The highest BCUT2D eigenvalue weighted by Crippen LogP contribution is 2.46. The number of fused-ring (bicyclic) bond motifs is 6. The first kappa shape index (κ1) is 42.0. The fourth-order valence-corrected chi connectivity index (χ4v) is 8.88. The molecule has 0 unspecified atom stereocenters. The molecule has 11 aromatic rings. The first-order chi connectivity index (χ1) is 32.6. The van der Waals surface area contributed by atoms with Gasteiger partial charge in [0.2, 0.25) is 0 Å². The van der Waals surface area contributed by atoms with Crippen LogP contribution in [0.5, 0.6) is 17.6 Å². The topological polar surface area (TPSA) is 232 Å². The lowest BCUT2D eigenvalue weighted by Crippen LogP contribution is -2.13. The van der Waals surface area contributed by atoms with Crippen LogP contribution in [-0.4, -0.2) is 58.8 Å². The summed E-state index contributed by atoms with van der Waals surface area (Å²) in [5.74, 6) is 0.0757. The number of aliphatic imine (C=N–C) groups is 1. The van der Waals surface area contributed by atoms with Gasteiger partial charge in [0, 0.05) is 65.1 Å². The molecule has 0 amide bonds. The summed E-state index contributed by atoms with van der Waals surface area (Å²) in [7, 11) is 1.49. The van der Waals surface area contributed by atoms with Crippen LogP contribution in [0.1, 0.15) is 22.3 Å². The molecule has 5 aromatic heterocycles. The van der Waals surface area contributed by atoms with Crippen LogP contribution in [0.4, 0.5) is 17.1 Å². The number of aromatic nitrogens is 5. The second kappa shape index (κ2) is 16.9. The second-order valence-corrected chi connectivity index (χ2v) is 16.3. The van der Waals surface area contributed by atoms with E-state index in [0.29, 0.717) is 55.9 Å². The zero-order chi connectivity index (χ0) is 46.5. The number of halogens is 1. The van der Waals surface area contributed by atoms with E-state index in [9.17, 15) is 25.1 Å². The van der Waals surface area contributed by atoms with Crippen molar-refractivity contribution in [3.05, 3.63) is 164 Å². The van der Waals surface area contributed by atoms with Gasteiger partial charge in [-0.2, -0.15) is 0 Å². The van der Waals surface area contributed by atoms with Gasteiger partial charge in [-0.25, -0.2) is 4.99 Å². The number of aromatic amines is 5. The minimum Gasteiger partial charge on any atom is -0.494 e. The Morgan fingerprint density at radius 2 is 1.03 bits per heavy atom. The molecule has 0 saturated carbocycles. The number of aromatic hydroxyl groups is 3. The first-order valence-electron chi connectivity index (χ1n) is 20.9. The zero-order valence-electron chi connectivity index (χ0n) is 35.9. The fraction of sp³-hybridized carbons (Fsp3) is 0.0588. The third-order valence-electron chi connectivity index (χ3n) is 11.8. The molecule has 330 valence electrons. The molecule has 12 rings (SSSR count). The molecular weight excluding hydrogens is 870 g/mol. The van der Waals surface area contributed by atoms with Gasteiger partial charge in [0.25, 0.3) is 0 Å². The monoisotopic (exact) mass is 907 g/mol. The number of nitroso groups, excluding NO2 is 2. The van der Waals surface area contributed by atoms with Crippen LogP contribution < -0.4 is 0 Å². The van der Waals surface area contributed by atoms with Crippen molar-refractivity contribution < 1.29 is 20.2 Å². The molecule has 0 radical (unpaired) electrons. The number of oxime groups is 1. The summed E-state index contributed by atoms with van der Waals surface area (Å²) in [5, 5.41) is 46.0. The van der Waals surface area contributed by atoms with Crippen molar-refractivity contribution in [2.24, 2.45) is 20.5 Å². The normalized spacial score (nSPS) is 12.6. The van der Waals surface area contributed by atoms with E-state index in [2.05, 4.69) is 45.4 Å². The molecule has 67 heavy (non-hydrogen) atoms. The average Bonchev–Trinajstić information content (AvgIpc) is 4.17. The Morgan fingerprint density at radius 3 is 1.63 bits per heavy atom. The van der Waals surface area contributed by atoms with Gasteiger partial charge in [-0.1, -0.05) is 102 Å². The molecule has 6 heterocycles. The number of nitrogens with zero attached hydrogens (tertiary/aromatic N) is 4. The third-order valence-corrected chi connectivity index (χ3v) is 12.2. The van der Waals surface area contributed by atoms with Gasteiger partial charge in [-0.3, -0.25) is 0 Å². The van der Waals surface area contributed by atoms with Gasteiger partial charge in [0.1, 0.15) is 29.9 Å². The van der Waals surface area contributed by atoms with E-state index in [-0.39, 0.29) is 17.6 Å². The van der Waals surface area contributed by atoms with Crippen molar-refractivity contribution in [3.8, 4) is 40.2 Å². The molecule has 1 aliphatic rings. The summed E-state index contributed by atoms with van der Waals surface area (Å²) in [6.07, 6.45) is 0. The smallest absolute Gasteiger partial charge is 0.199 e. The molecule has 0 aliphatic carbocycles. The maximum Gasteiger partial charge on any atom is 0.199 e. The van der Waals surface area contributed by atoms with Crippen LogP contribution in [0.2, 0.25) is 5.02 Å². The lowest BCUT2D eigenvalue weighted by Gasteiger charge is -2.04. The summed E-state index contributed by atoms with van der Waals surface area (Å²) in [6, 6.07) is 39.6. The fourth-order valence-electron chi connectivity index (χ4n) is 8.72. The Kier molecular flexibility index (Phi) is 10.6. The highest BCUT2D eigenvalue weighted by atomic mass is 35.5. The van der Waals surface area contributed by atoms with E-state index >= 15 is 0 Å². The van der Waals surface area contributed by atoms with Gasteiger partial charge in [0.15, 0.2) is 17.6 Å². The standard InChI is InChI=1S/C18H14ClN3O2.C17H13N3O2.C16H11N3O2/c1-9-7-14-11(8-12(9)19)15(18(23)21-14)17-16(22-24-2)10-5-3-4-6-13(10)20-17;1-9-6-7-10-13(8-9)19-17(21)14(10)16-15(20-22)11-4-2-3-5-12(11)18-16;20-16-13(9-5-1-3-7-11(9)18-16)15-14(19-21)10-6-2-4-8-12(10)17-15/h3-8,21,23H,1-2H3;2-8,18-19,21H,1H3;1-8,17-18,20H/b22-16+;;. The number of H-pyrrole nitrogens is 5. The van der Waals surface area contributed by atoms with Gasteiger partial charge in [-0.05, 0) is 77.8 Å². The van der Waals surface area contributed by atoms with Gasteiger partial charge in [-0.15, -0.1) is 9.81 Å². The van der Waals surface area contributed by atoms with Crippen molar-refractivity contribution in [3.63, 3.8) is 0 Å². The quantitative estimate of drug-likeness (QED) is 0.0597. The molecule has 8 N–H and O–H groups in total. The Bertz CT molecular complexity index is 3830. The number of benzene rings is 6. The van der Waals surface area contributed by atoms with Crippen LogP contribution in [-0.2, 0) is 4.84 Å². The highest BCUT2D eigenvalue weighted by molar-refractivity contribution is 6.58. The molecular formula is C51H38ClN9O6. The SMILES string of the molecule is CO/N=C1/C(c2c(O)[nH]c3cc(C)c(Cl)cc23)=Nc2ccccc21.Cc1ccc2c(-c3[nH]c4ccccc4c3N=O)c(O)[nH]c2c1.O=Nc1c(-c2c(O)[nH]c3ccccc23)[nH]c2ccccc12. The summed E-state index contributed by atoms with van der Waals surface area (Å²) >= 11 is 6.27. The lowest BCUT2D eigenvalue weighted by atomic mass is 10.0. The molecule has 0 atom stereocenters. The van der Waals surface area contributed by atoms with Crippen molar-refractivity contribution in [1.82, 2.24) is 24.9 Å². The Hall–Kier alpha value is -8.95. The second-order valence-electron chi connectivity index (χ2n) is 15.9. The van der Waals surface area contributed by atoms with Crippen molar-refractivity contribution in [2.75, 3.05) is 7.11 Å². The molecule has 1 aliphatic heterocycles. The average molecular weight is 908 g/mol. The van der Waals surface area contributed by atoms with Crippen LogP contribution >= 0.6 is 11.6 Å². The summed E-state index contributed by atoms with van der Waals surface area (Å²) in [6.45, 7) is 3.90. The van der Waals surface area contributed by atoms with Crippen molar-refractivity contribution in [1.29, 1.82) is 0 Å². The Labute approximate surface area is 384 Å². The summed E-state index contributed by atoms with van der Waals surface area (Å²) < 4.78 is 0. The van der Waals surface area contributed by atoms with E-state index < -0.39 is 0 Å². The predicted octanol–water partition coefficient (Wildman–Crippen LogP) is 13.5. The number of hydrogen-bond acceptors (Lipinski definition) is 10. The van der Waals surface area contributed by atoms with Crippen LogP contribution in [0.3, 0.4) is 0 Å². The van der Waals surface area contributed by atoms with Gasteiger partial charge in [0.05, 0.1) is 33.8 Å². The van der Waals surface area contributed by atoms with E-state index in [1.807, 2.05) is 141 Å². The van der Waals surface area contributed by atoms with Crippen LogP contribution in [0.15, 0.2) is 148 Å². The molecule has 0 fully saturated rings. The highest BCUT2D eigenvalue weighted by Gasteiger charge is 2.30. The number of hydrogen-bond donors (Lipinski definition) is 8. The predicted molar refractivity (Wildman–Crippen MR) is 266 cm³/mol. The van der Waals surface area contributed by atoms with E-state index in [1.54, 1.807) is 0 Å². The first-order valence-corrected chi connectivity index (χ1v) is 21.3. The molecule has 6 aromatic carbocycles. The van der Waals surface area contributed by atoms with Gasteiger partial charge < -0.3 is 45.1 Å². The number of rotatable bonds is 6.